The van der Waals surface area contributed by atoms with E-state index in [0.29, 0.717) is 5.56 Å². The highest BCUT2D eigenvalue weighted by molar-refractivity contribution is 6.22. The molecule has 5 heterocycles. The summed E-state index contributed by atoms with van der Waals surface area (Å²) in [5.41, 5.74) is 12.5. The Morgan fingerprint density at radius 2 is 0.870 bits per heavy atom. The van der Waals surface area contributed by atoms with E-state index in [4.69, 9.17) is 15.0 Å². The van der Waals surface area contributed by atoms with Crippen LogP contribution < -0.4 is 0 Å². The molecule has 0 amide bonds. The number of aromatic nitrogens is 5. The number of nitriles is 1. The molecule has 6 heteroatoms. The smallest absolute Gasteiger partial charge is 0.0998 e. The molecule has 6 nitrogen and oxygen atoms in total. The number of benzene rings is 5. The summed E-state index contributed by atoms with van der Waals surface area (Å²) in [5.74, 6) is 0. The van der Waals surface area contributed by atoms with Gasteiger partial charge in [0.05, 0.1) is 34.1 Å². The molecule has 0 unspecified atom stereocenters. The number of fused-ring (bicyclic) bond motifs is 6. The second-order valence-electron chi connectivity index (χ2n) is 13.2. The van der Waals surface area contributed by atoms with Crippen molar-refractivity contribution in [2.75, 3.05) is 0 Å². The molecule has 5 aromatic carbocycles. The predicted octanol–water partition coefficient (Wildman–Crippen LogP) is 11.5. The average Bonchev–Trinajstić information content (AvgIpc) is 3.26. The molecule has 10 aromatic rings. The van der Waals surface area contributed by atoms with Gasteiger partial charge in [-0.1, -0.05) is 66.7 Å². The van der Waals surface area contributed by atoms with Gasteiger partial charge in [-0.2, -0.15) is 5.26 Å². The molecule has 0 N–H and O–H groups in total. The van der Waals surface area contributed by atoms with Crippen LogP contribution in [0.4, 0.5) is 0 Å². The van der Waals surface area contributed by atoms with Gasteiger partial charge in [-0.15, -0.1) is 0 Å². The van der Waals surface area contributed by atoms with Crippen LogP contribution in [0, 0.1) is 11.3 Å². The number of hydrogen-bond acceptors (Lipinski definition) is 6. The van der Waals surface area contributed by atoms with Crippen LogP contribution in [0.5, 0.6) is 0 Å². The van der Waals surface area contributed by atoms with Crippen molar-refractivity contribution < 1.29 is 0 Å². The number of pyridine rings is 5. The third-order valence-electron chi connectivity index (χ3n) is 10.2. The van der Waals surface area contributed by atoms with Crippen LogP contribution in [0.25, 0.3) is 99.2 Å². The van der Waals surface area contributed by atoms with Gasteiger partial charge in [-0.3, -0.25) is 19.9 Å². The summed E-state index contributed by atoms with van der Waals surface area (Å²) in [6.45, 7) is 0. The van der Waals surface area contributed by atoms with E-state index in [1.165, 1.54) is 0 Å². The highest BCUT2D eigenvalue weighted by atomic mass is 14.7. The van der Waals surface area contributed by atoms with Gasteiger partial charge in [0.2, 0.25) is 0 Å². The first-order valence-electron chi connectivity index (χ1n) is 17.7. The molecule has 250 valence electrons. The third kappa shape index (κ3) is 5.23. The van der Waals surface area contributed by atoms with Gasteiger partial charge in [0, 0.05) is 75.6 Å². The quantitative estimate of drug-likeness (QED) is 0.167. The van der Waals surface area contributed by atoms with Crippen LogP contribution in [0.3, 0.4) is 0 Å². The minimum Gasteiger partial charge on any atom is -0.265 e. The SMILES string of the molecule is N#Cc1ccc(-c2ccc(-c3cc4c5cccnc5c(-c5cc(-c6ccncc6)nc(-c6ccncc6)c5)cc4c4cccnc34)cc2)c2ccccc12. The molecule has 0 bridgehead atoms. The van der Waals surface area contributed by atoms with Gasteiger partial charge < -0.3 is 0 Å². The zero-order valence-corrected chi connectivity index (χ0v) is 28.8. The molecule has 0 atom stereocenters. The topological polar surface area (TPSA) is 88.2 Å². The molecule has 0 fully saturated rings. The van der Waals surface area contributed by atoms with Crippen molar-refractivity contribution >= 4 is 43.4 Å². The fourth-order valence-electron chi connectivity index (χ4n) is 7.65. The Labute approximate surface area is 310 Å². The van der Waals surface area contributed by atoms with E-state index in [1.807, 2.05) is 79.1 Å². The van der Waals surface area contributed by atoms with Crippen molar-refractivity contribution in [3.63, 3.8) is 0 Å². The Hall–Kier alpha value is -7.62. The zero-order chi connectivity index (χ0) is 36.0. The molecule has 0 radical (unpaired) electrons. The van der Waals surface area contributed by atoms with Crippen LogP contribution in [0.15, 0.2) is 171 Å². The van der Waals surface area contributed by atoms with Gasteiger partial charge in [0.1, 0.15) is 0 Å². The van der Waals surface area contributed by atoms with Crippen LogP contribution in [0.2, 0.25) is 0 Å². The van der Waals surface area contributed by atoms with E-state index >= 15 is 0 Å². The molecule has 0 aliphatic carbocycles. The maximum absolute atomic E-state index is 9.70. The van der Waals surface area contributed by atoms with Gasteiger partial charge in [-0.05, 0) is 105 Å². The summed E-state index contributed by atoms with van der Waals surface area (Å²) in [7, 11) is 0. The standard InChI is InChI=1S/C48H28N6/c49-29-34-13-14-37(38-6-2-1-5-36(34)38)30-9-11-31(12-10-30)41-27-43-40-8-4-20-53-48(40)42(28-44(43)39-7-3-19-52-47(39)41)35-25-45(32-15-21-50-22-16-32)54-46(26-35)33-17-23-51-24-18-33/h1-28H. The molecule has 5 aromatic heterocycles. The molecule has 0 spiro atoms. The number of rotatable bonds is 5. The molecule has 10 rings (SSSR count). The Morgan fingerprint density at radius 3 is 1.43 bits per heavy atom. The van der Waals surface area contributed by atoms with E-state index in [-0.39, 0.29) is 0 Å². The normalized spacial score (nSPS) is 11.3. The van der Waals surface area contributed by atoms with Crippen molar-refractivity contribution in [3.05, 3.63) is 176 Å². The minimum atomic E-state index is 0.678. The number of nitrogens with zero attached hydrogens (tertiary/aromatic N) is 6. The number of hydrogen-bond donors (Lipinski definition) is 0. The van der Waals surface area contributed by atoms with Crippen molar-refractivity contribution in [1.29, 1.82) is 5.26 Å². The first-order valence-corrected chi connectivity index (χ1v) is 17.7. The minimum absolute atomic E-state index is 0.678. The molecule has 0 aliphatic heterocycles. The first-order chi connectivity index (χ1) is 26.7. The van der Waals surface area contributed by atoms with Crippen molar-refractivity contribution in [3.8, 4) is 62.0 Å². The summed E-state index contributed by atoms with van der Waals surface area (Å²) >= 11 is 0. The van der Waals surface area contributed by atoms with Crippen molar-refractivity contribution in [2.45, 2.75) is 0 Å². The van der Waals surface area contributed by atoms with Crippen LogP contribution in [0.1, 0.15) is 5.56 Å². The monoisotopic (exact) mass is 688 g/mol. The first kappa shape index (κ1) is 31.1. The highest BCUT2D eigenvalue weighted by Crippen LogP contribution is 2.42. The summed E-state index contributed by atoms with van der Waals surface area (Å²) in [6.07, 6.45) is 10.9. The molecular weight excluding hydrogens is 661 g/mol. The van der Waals surface area contributed by atoms with Gasteiger partial charge in [0.25, 0.3) is 0 Å². The maximum Gasteiger partial charge on any atom is 0.0998 e. The van der Waals surface area contributed by atoms with Gasteiger partial charge >= 0.3 is 0 Å². The van der Waals surface area contributed by atoms with E-state index < -0.39 is 0 Å². The van der Waals surface area contributed by atoms with E-state index in [0.717, 1.165) is 99.2 Å². The second-order valence-corrected chi connectivity index (χ2v) is 13.2. The average molecular weight is 689 g/mol. The summed E-state index contributed by atoms with van der Waals surface area (Å²) in [5, 5.41) is 16.1. The Morgan fingerprint density at radius 1 is 0.370 bits per heavy atom. The Balaban J connectivity index is 1.17. The Bertz CT molecular complexity index is 3040. The lowest BCUT2D eigenvalue weighted by molar-refractivity contribution is 1.27. The van der Waals surface area contributed by atoms with Gasteiger partial charge in [-0.25, -0.2) is 4.98 Å². The molecular formula is C48H28N6. The van der Waals surface area contributed by atoms with Crippen LogP contribution in [-0.4, -0.2) is 24.9 Å². The van der Waals surface area contributed by atoms with Crippen LogP contribution >= 0.6 is 0 Å². The van der Waals surface area contributed by atoms with Crippen molar-refractivity contribution in [2.24, 2.45) is 0 Å². The van der Waals surface area contributed by atoms with Crippen molar-refractivity contribution in [1.82, 2.24) is 24.9 Å². The summed E-state index contributed by atoms with van der Waals surface area (Å²) in [6, 6.07) is 48.1. The molecule has 0 aliphatic rings. The largest absolute Gasteiger partial charge is 0.265 e. The summed E-state index contributed by atoms with van der Waals surface area (Å²) in [4.78, 5) is 23.5. The predicted molar refractivity (Wildman–Crippen MR) is 217 cm³/mol. The fourth-order valence-corrected chi connectivity index (χ4v) is 7.65. The van der Waals surface area contributed by atoms with E-state index in [9.17, 15) is 5.26 Å². The lowest BCUT2D eigenvalue weighted by Gasteiger charge is -2.16. The highest BCUT2D eigenvalue weighted by Gasteiger charge is 2.18. The summed E-state index contributed by atoms with van der Waals surface area (Å²) < 4.78 is 0. The second kappa shape index (κ2) is 12.9. The van der Waals surface area contributed by atoms with E-state index in [2.05, 4.69) is 82.8 Å². The fraction of sp³-hybridized carbons (Fsp3) is 0. The molecule has 54 heavy (non-hydrogen) atoms. The third-order valence-corrected chi connectivity index (χ3v) is 10.2. The van der Waals surface area contributed by atoms with Crippen LogP contribution in [-0.2, 0) is 0 Å². The molecule has 0 saturated heterocycles. The Kier molecular flexibility index (Phi) is 7.41. The zero-order valence-electron chi connectivity index (χ0n) is 28.8. The lowest BCUT2D eigenvalue weighted by atomic mass is 9.89. The van der Waals surface area contributed by atoms with E-state index in [1.54, 1.807) is 24.8 Å². The maximum atomic E-state index is 9.70. The van der Waals surface area contributed by atoms with Gasteiger partial charge in [0.15, 0.2) is 0 Å². The lowest BCUT2D eigenvalue weighted by Crippen LogP contribution is -1.94. The molecule has 0 saturated carbocycles.